The summed E-state index contributed by atoms with van der Waals surface area (Å²) in [5.41, 5.74) is 0. The molecule has 0 saturated heterocycles. The summed E-state index contributed by atoms with van der Waals surface area (Å²) in [6.07, 6.45) is 0. The fraction of sp³-hybridized carbons (Fsp3) is 1.00. The standard InChI is InChI=1S/C4H10O2.C2H6O/c1-4(2,5)6-3;1-2-3/h5H,1-3H3;3H,2H2,1H3. The van der Waals surface area contributed by atoms with Crippen LogP contribution in [0.1, 0.15) is 20.8 Å². The molecule has 0 aliphatic carbocycles. The van der Waals surface area contributed by atoms with Crippen molar-refractivity contribution < 1.29 is 14.9 Å². The van der Waals surface area contributed by atoms with E-state index in [2.05, 4.69) is 4.74 Å². The van der Waals surface area contributed by atoms with Crippen LogP contribution in [0.25, 0.3) is 0 Å². The molecular formula is C6H16O3. The molecule has 0 bridgehead atoms. The Morgan fingerprint density at radius 2 is 1.56 bits per heavy atom. The topological polar surface area (TPSA) is 49.7 Å². The van der Waals surface area contributed by atoms with E-state index in [1.54, 1.807) is 20.8 Å². The Labute approximate surface area is 56.3 Å². The lowest BCUT2D eigenvalue weighted by Crippen LogP contribution is -2.20. The second-order valence-electron chi connectivity index (χ2n) is 1.97. The maximum atomic E-state index is 8.60. The number of hydrogen-bond acceptors (Lipinski definition) is 3. The average Bonchev–Trinajstić information content (AvgIpc) is 1.67. The monoisotopic (exact) mass is 136 g/mol. The Bertz CT molecular complexity index is 46.8. The SMILES string of the molecule is CCO.COC(C)(C)O. The summed E-state index contributed by atoms with van der Waals surface area (Å²) < 4.78 is 4.49. The zero-order chi connectivity index (χ0) is 7.91. The van der Waals surface area contributed by atoms with Crippen molar-refractivity contribution in [3.63, 3.8) is 0 Å². The van der Waals surface area contributed by atoms with Gasteiger partial charge in [-0.3, -0.25) is 0 Å². The minimum Gasteiger partial charge on any atom is -0.397 e. The molecule has 3 nitrogen and oxygen atoms in total. The number of aliphatic hydroxyl groups is 2. The van der Waals surface area contributed by atoms with Crippen molar-refractivity contribution >= 4 is 0 Å². The van der Waals surface area contributed by atoms with Crippen molar-refractivity contribution in [1.29, 1.82) is 0 Å². The zero-order valence-electron chi connectivity index (χ0n) is 6.51. The molecule has 0 atom stereocenters. The highest BCUT2D eigenvalue weighted by Gasteiger charge is 2.06. The van der Waals surface area contributed by atoms with Crippen molar-refractivity contribution in [3.05, 3.63) is 0 Å². The zero-order valence-corrected chi connectivity index (χ0v) is 6.51. The Balaban J connectivity index is 0. The Hall–Kier alpha value is -0.120. The fourth-order valence-electron chi connectivity index (χ4n) is 0. The van der Waals surface area contributed by atoms with Gasteiger partial charge in [-0.25, -0.2) is 0 Å². The molecule has 0 aromatic heterocycles. The third-order valence-corrected chi connectivity index (χ3v) is 0.500. The average molecular weight is 136 g/mol. The van der Waals surface area contributed by atoms with Crippen LogP contribution >= 0.6 is 0 Å². The van der Waals surface area contributed by atoms with Crippen LogP contribution in [0.15, 0.2) is 0 Å². The molecule has 0 radical (unpaired) electrons. The summed E-state index contributed by atoms with van der Waals surface area (Å²) >= 11 is 0. The first-order chi connectivity index (χ1) is 3.97. The van der Waals surface area contributed by atoms with Crippen LogP contribution in [0.4, 0.5) is 0 Å². The summed E-state index contributed by atoms with van der Waals surface area (Å²) in [5.74, 6) is -0.958. The van der Waals surface area contributed by atoms with Gasteiger partial charge < -0.3 is 14.9 Å². The van der Waals surface area contributed by atoms with Gasteiger partial charge in [0.15, 0.2) is 5.79 Å². The second kappa shape index (κ2) is 6.01. The molecule has 2 N–H and O–H groups in total. The molecule has 3 heteroatoms. The van der Waals surface area contributed by atoms with Crippen LogP contribution in [0.5, 0.6) is 0 Å². The predicted molar refractivity (Wildman–Crippen MR) is 36.1 cm³/mol. The summed E-state index contributed by atoms with van der Waals surface area (Å²) in [4.78, 5) is 0. The first-order valence-electron chi connectivity index (χ1n) is 2.86. The maximum absolute atomic E-state index is 8.60. The van der Waals surface area contributed by atoms with Crippen molar-refractivity contribution in [2.75, 3.05) is 13.7 Å². The highest BCUT2D eigenvalue weighted by molar-refractivity contribution is 4.42. The molecule has 0 amide bonds. The van der Waals surface area contributed by atoms with Gasteiger partial charge >= 0.3 is 0 Å². The lowest BCUT2D eigenvalue weighted by Gasteiger charge is -2.12. The van der Waals surface area contributed by atoms with Gasteiger partial charge in [0, 0.05) is 13.7 Å². The Morgan fingerprint density at radius 3 is 1.56 bits per heavy atom. The summed E-state index contributed by atoms with van der Waals surface area (Å²) in [6, 6.07) is 0. The van der Waals surface area contributed by atoms with Crippen LogP contribution in [0.2, 0.25) is 0 Å². The number of hydrogen-bond donors (Lipinski definition) is 2. The van der Waals surface area contributed by atoms with E-state index in [0.29, 0.717) is 0 Å². The van der Waals surface area contributed by atoms with Crippen LogP contribution < -0.4 is 0 Å². The number of aliphatic hydroxyl groups excluding tert-OH is 1. The van der Waals surface area contributed by atoms with Gasteiger partial charge in [0.1, 0.15) is 0 Å². The molecule has 58 valence electrons. The van der Waals surface area contributed by atoms with E-state index in [9.17, 15) is 0 Å². The molecule has 0 rings (SSSR count). The number of methoxy groups -OCH3 is 1. The van der Waals surface area contributed by atoms with E-state index < -0.39 is 5.79 Å². The fourth-order valence-corrected chi connectivity index (χ4v) is 0. The number of ether oxygens (including phenoxy) is 1. The van der Waals surface area contributed by atoms with Crippen LogP contribution in [0, 0.1) is 0 Å². The normalized spacial score (nSPS) is 10.0. The lowest BCUT2D eigenvalue weighted by molar-refractivity contribution is -0.155. The van der Waals surface area contributed by atoms with E-state index in [1.165, 1.54) is 7.11 Å². The third-order valence-electron chi connectivity index (χ3n) is 0.500. The molecule has 0 aromatic rings. The molecule has 0 aromatic carbocycles. The summed E-state index contributed by atoms with van der Waals surface area (Å²) in [7, 11) is 1.46. The largest absolute Gasteiger partial charge is 0.397 e. The van der Waals surface area contributed by atoms with Crippen molar-refractivity contribution in [2.45, 2.75) is 26.6 Å². The van der Waals surface area contributed by atoms with Crippen LogP contribution in [-0.2, 0) is 4.74 Å². The Kier molecular flexibility index (Phi) is 7.77. The van der Waals surface area contributed by atoms with Gasteiger partial charge in [0.05, 0.1) is 0 Å². The molecule has 0 saturated carbocycles. The van der Waals surface area contributed by atoms with Crippen molar-refractivity contribution in [2.24, 2.45) is 0 Å². The first-order valence-corrected chi connectivity index (χ1v) is 2.86. The highest BCUT2D eigenvalue weighted by Crippen LogP contribution is 1.97. The molecule has 9 heavy (non-hydrogen) atoms. The third kappa shape index (κ3) is 32.8. The summed E-state index contributed by atoms with van der Waals surface area (Å²) in [6.45, 7) is 5.08. The molecule has 0 fully saturated rings. The Morgan fingerprint density at radius 1 is 1.44 bits per heavy atom. The molecule has 0 aliphatic rings. The molecule has 0 spiro atoms. The van der Waals surface area contributed by atoms with Crippen LogP contribution in [-0.4, -0.2) is 29.7 Å². The molecular weight excluding hydrogens is 120 g/mol. The van der Waals surface area contributed by atoms with E-state index in [0.717, 1.165) is 0 Å². The van der Waals surface area contributed by atoms with Gasteiger partial charge in [-0.1, -0.05) is 0 Å². The van der Waals surface area contributed by atoms with Crippen molar-refractivity contribution in [3.8, 4) is 0 Å². The van der Waals surface area contributed by atoms with Gasteiger partial charge in [0.2, 0.25) is 0 Å². The lowest BCUT2D eigenvalue weighted by atomic mass is 10.4. The minimum absolute atomic E-state index is 0.250. The van der Waals surface area contributed by atoms with E-state index in [1.807, 2.05) is 0 Å². The molecule has 0 heterocycles. The second-order valence-corrected chi connectivity index (χ2v) is 1.97. The van der Waals surface area contributed by atoms with E-state index in [-0.39, 0.29) is 6.61 Å². The van der Waals surface area contributed by atoms with Crippen LogP contribution in [0.3, 0.4) is 0 Å². The molecule has 0 unspecified atom stereocenters. The van der Waals surface area contributed by atoms with Gasteiger partial charge in [-0.15, -0.1) is 0 Å². The smallest absolute Gasteiger partial charge is 0.159 e. The summed E-state index contributed by atoms with van der Waals surface area (Å²) in [5, 5.41) is 16.2. The van der Waals surface area contributed by atoms with Gasteiger partial charge in [0.25, 0.3) is 0 Å². The highest BCUT2D eigenvalue weighted by atomic mass is 16.6. The van der Waals surface area contributed by atoms with E-state index in [4.69, 9.17) is 10.2 Å². The van der Waals surface area contributed by atoms with Gasteiger partial charge in [-0.05, 0) is 20.8 Å². The van der Waals surface area contributed by atoms with E-state index >= 15 is 0 Å². The maximum Gasteiger partial charge on any atom is 0.159 e. The van der Waals surface area contributed by atoms with Gasteiger partial charge in [-0.2, -0.15) is 0 Å². The van der Waals surface area contributed by atoms with Crippen molar-refractivity contribution in [1.82, 2.24) is 0 Å². The predicted octanol–water partition coefficient (Wildman–Crippen LogP) is 0.360. The molecule has 0 aliphatic heterocycles. The quantitative estimate of drug-likeness (QED) is 0.512. The first kappa shape index (κ1) is 11.6. The number of rotatable bonds is 1. The minimum atomic E-state index is -0.958.